The summed E-state index contributed by atoms with van der Waals surface area (Å²) in [6, 6.07) is 8.64. The van der Waals surface area contributed by atoms with E-state index >= 15 is 0 Å². The van der Waals surface area contributed by atoms with Crippen LogP contribution in [0.25, 0.3) is 5.69 Å². The van der Waals surface area contributed by atoms with E-state index in [-0.39, 0.29) is 30.0 Å². The van der Waals surface area contributed by atoms with E-state index in [1.807, 2.05) is 19.9 Å². The van der Waals surface area contributed by atoms with Crippen LogP contribution in [0, 0.1) is 19.7 Å². The van der Waals surface area contributed by atoms with Gasteiger partial charge in [0.15, 0.2) is 0 Å². The van der Waals surface area contributed by atoms with E-state index in [4.69, 9.17) is 4.74 Å². The van der Waals surface area contributed by atoms with Crippen LogP contribution in [0.5, 0.6) is 0 Å². The number of morpholine rings is 1. The van der Waals surface area contributed by atoms with Crippen molar-refractivity contribution in [2.45, 2.75) is 52.9 Å². The van der Waals surface area contributed by atoms with Gasteiger partial charge in [0, 0.05) is 37.1 Å². The van der Waals surface area contributed by atoms with Gasteiger partial charge >= 0.3 is 0 Å². The van der Waals surface area contributed by atoms with E-state index in [0.29, 0.717) is 17.8 Å². The molecule has 1 aliphatic rings. The average Bonchev–Trinajstić information content (AvgIpc) is 2.93. The van der Waals surface area contributed by atoms with Gasteiger partial charge in [-0.25, -0.2) is 4.39 Å². The number of benzene rings is 1. The zero-order chi connectivity index (χ0) is 20.4. The number of hydrogen-bond donors (Lipinski definition) is 1. The Kier molecular flexibility index (Phi) is 6.20. The van der Waals surface area contributed by atoms with Crippen LogP contribution < -0.4 is 5.32 Å². The van der Waals surface area contributed by atoms with Crippen molar-refractivity contribution in [1.29, 1.82) is 0 Å². The third kappa shape index (κ3) is 4.28. The first-order valence-corrected chi connectivity index (χ1v) is 9.89. The number of carbonyl (C=O) groups excluding carboxylic acids is 1. The smallest absolute Gasteiger partial charge is 0.253 e. The van der Waals surface area contributed by atoms with Crippen molar-refractivity contribution in [3.8, 4) is 5.69 Å². The number of amides is 1. The van der Waals surface area contributed by atoms with Crippen molar-refractivity contribution in [1.82, 2.24) is 14.8 Å². The van der Waals surface area contributed by atoms with Crippen molar-refractivity contribution in [3.63, 3.8) is 0 Å². The lowest BCUT2D eigenvalue weighted by Gasteiger charge is -2.39. The van der Waals surface area contributed by atoms with Crippen molar-refractivity contribution < 1.29 is 13.9 Å². The molecular formula is C22H30FN3O2. The number of hydrogen-bond acceptors (Lipinski definition) is 3. The number of aryl methyl sites for hydroxylation is 1. The fourth-order valence-corrected chi connectivity index (χ4v) is 4.04. The minimum absolute atomic E-state index is 0.128. The third-order valence-corrected chi connectivity index (χ3v) is 5.40. The molecule has 1 aromatic heterocycles. The second-order valence-corrected chi connectivity index (χ2v) is 7.84. The predicted molar refractivity (Wildman–Crippen MR) is 109 cm³/mol. The van der Waals surface area contributed by atoms with Gasteiger partial charge in [0.2, 0.25) is 0 Å². The number of halogens is 1. The first kappa shape index (κ1) is 20.6. The summed E-state index contributed by atoms with van der Waals surface area (Å²) in [6.07, 6.45) is 0.392. The Bertz CT molecular complexity index is 838. The van der Waals surface area contributed by atoms with Gasteiger partial charge in [0.25, 0.3) is 5.91 Å². The predicted octanol–water partition coefficient (Wildman–Crippen LogP) is 3.46. The first-order chi connectivity index (χ1) is 13.3. The summed E-state index contributed by atoms with van der Waals surface area (Å²) in [4.78, 5) is 15.2. The van der Waals surface area contributed by atoms with Crippen LogP contribution in [-0.4, -0.2) is 53.3 Å². The van der Waals surface area contributed by atoms with Gasteiger partial charge < -0.3 is 14.6 Å². The normalized spacial score (nSPS) is 21.5. The number of carbonyl (C=O) groups is 1. The minimum Gasteiger partial charge on any atom is -0.373 e. The average molecular weight is 387 g/mol. The maximum Gasteiger partial charge on any atom is 0.253 e. The molecule has 6 heteroatoms. The molecule has 0 radical (unpaired) electrons. The lowest BCUT2D eigenvalue weighted by atomic mass is 10.1. The van der Waals surface area contributed by atoms with Gasteiger partial charge in [-0.05, 0) is 52.8 Å². The summed E-state index contributed by atoms with van der Waals surface area (Å²) in [5.74, 6) is -0.433. The van der Waals surface area contributed by atoms with Gasteiger partial charge in [0.05, 0.1) is 23.5 Å². The fraction of sp³-hybridized carbons (Fsp3) is 0.500. The molecular weight excluding hydrogens is 357 g/mol. The third-order valence-electron chi connectivity index (χ3n) is 5.40. The van der Waals surface area contributed by atoms with Gasteiger partial charge in [-0.15, -0.1) is 0 Å². The van der Waals surface area contributed by atoms with E-state index < -0.39 is 0 Å². The second kappa shape index (κ2) is 8.45. The highest BCUT2D eigenvalue weighted by Gasteiger charge is 2.26. The molecule has 0 aliphatic carbocycles. The highest BCUT2D eigenvalue weighted by atomic mass is 19.1. The molecule has 1 aliphatic heterocycles. The summed E-state index contributed by atoms with van der Waals surface area (Å²) in [6.45, 7) is 12.3. The molecule has 0 bridgehead atoms. The number of ether oxygens (including phenoxy) is 1. The summed E-state index contributed by atoms with van der Waals surface area (Å²) in [7, 11) is 0. The zero-order valence-electron chi connectivity index (χ0n) is 17.3. The van der Waals surface area contributed by atoms with Crippen LogP contribution in [0.4, 0.5) is 4.39 Å². The Balaban J connectivity index is 1.70. The van der Waals surface area contributed by atoms with Crippen LogP contribution in [0.3, 0.4) is 0 Å². The number of aromatic nitrogens is 1. The molecule has 1 N–H and O–H groups in total. The lowest BCUT2D eigenvalue weighted by molar-refractivity contribution is -0.0778. The number of rotatable bonds is 5. The highest BCUT2D eigenvalue weighted by Crippen LogP contribution is 2.23. The Hall–Kier alpha value is -2.18. The van der Waals surface area contributed by atoms with Gasteiger partial charge in [-0.1, -0.05) is 12.1 Å². The fourth-order valence-electron chi connectivity index (χ4n) is 4.04. The first-order valence-electron chi connectivity index (χ1n) is 9.89. The van der Waals surface area contributed by atoms with Crippen molar-refractivity contribution in [3.05, 3.63) is 53.1 Å². The van der Waals surface area contributed by atoms with Crippen molar-refractivity contribution >= 4 is 5.91 Å². The summed E-state index contributed by atoms with van der Waals surface area (Å²) < 4.78 is 21.8. The molecule has 3 rings (SSSR count). The largest absolute Gasteiger partial charge is 0.373 e. The molecule has 2 heterocycles. The molecule has 0 saturated carbocycles. The van der Waals surface area contributed by atoms with E-state index in [2.05, 4.69) is 31.0 Å². The molecule has 2 aromatic rings. The Labute approximate surface area is 166 Å². The lowest BCUT2D eigenvalue weighted by Crippen LogP contribution is -2.52. The maximum absolute atomic E-state index is 14.2. The molecule has 152 valence electrons. The van der Waals surface area contributed by atoms with E-state index in [0.717, 1.165) is 24.5 Å². The number of nitrogens with one attached hydrogen (secondary N) is 1. The molecule has 0 unspecified atom stereocenters. The molecule has 1 saturated heterocycles. The van der Waals surface area contributed by atoms with E-state index in [1.165, 1.54) is 6.07 Å². The minimum atomic E-state index is -0.305. The second-order valence-electron chi connectivity index (χ2n) is 7.84. The van der Waals surface area contributed by atoms with Gasteiger partial charge in [-0.2, -0.15) is 0 Å². The summed E-state index contributed by atoms with van der Waals surface area (Å²) >= 11 is 0. The Morgan fingerprint density at radius 3 is 2.54 bits per heavy atom. The molecule has 28 heavy (non-hydrogen) atoms. The molecule has 0 spiro atoms. The maximum atomic E-state index is 14.2. The van der Waals surface area contributed by atoms with E-state index in [9.17, 15) is 9.18 Å². The number of nitrogens with zero attached hydrogens (tertiary/aromatic N) is 2. The van der Waals surface area contributed by atoms with Crippen LogP contribution in [0.2, 0.25) is 0 Å². The van der Waals surface area contributed by atoms with E-state index in [1.54, 1.807) is 22.8 Å². The Morgan fingerprint density at radius 2 is 1.89 bits per heavy atom. The molecule has 1 fully saturated rings. The van der Waals surface area contributed by atoms with Crippen molar-refractivity contribution in [2.24, 2.45) is 0 Å². The van der Waals surface area contributed by atoms with Gasteiger partial charge in [-0.3, -0.25) is 9.69 Å². The summed E-state index contributed by atoms with van der Waals surface area (Å²) in [5.41, 5.74) is 2.61. The van der Waals surface area contributed by atoms with Gasteiger partial charge in [0.1, 0.15) is 5.82 Å². The van der Waals surface area contributed by atoms with Crippen LogP contribution in [-0.2, 0) is 4.74 Å². The van der Waals surface area contributed by atoms with Crippen LogP contribution >= 0.6 is 0 Å². The SMILES string of the molecule is Cc1cc(C(=O)NC[C@H](C)N2C[C@H](C)O[C@@H](C)C2)c(C)n1-c1ccccc1F. The summed E-state index contributed by atoms with van der Waals surface area (Å²) in [5, 5.41) is 3.04. The standard InChI is InChI=1S/C22H30FN3O2/c1-14-10-19(18(5)26(14)21-9-7-6-8-20(21)23)22(27)24-11-15(2)25-12-16(3)28-17(4)13-25/h6-10,15-17H,11-13H2,1-5H3,(H,24,27)/t15-,16-,17-/m0/s1. The monoisotopic (exact) mass is 387 g/mol. The van der Waals surface area contributed by atoms with Crippen molar-refractivity contribution in [2.75, 3.05) is 19.6 Å². The topological polar surface area (TPSA) is 46.5 Å². The zero-order valence-corrected chi connectivity index (χ0v) is 17.3. The number of para-hydroxylation sites is 1. The molecule has 1 amide bonds. The van der Waals surface area contributed by atoms with Crippen LogP contribution in [0.1, 0.15) is 42.5 Å². The molecule has 3 atom stereocenters. The molecule has 1 aromatic carbocycles. The molecule has 5 nitrogen and oxygen atoms in total. The Morgan fingerprint density at radius 1 is 1.25 bits per heavy atom. The highest BCUT2D eigenvalue weighted by molar-refractivity contribution is 5.96. The van der Waals surface area contributed by atoms with Crippen LogP contribution in [0.15, 0.2) is 30.3 Å². The quantitative estimate of drug-likeness (QED) is 0.855.